The van der Waals surface area contributed by atoms with Gasteiger partial charge in [0.2, 0.25) is 5.88 Å². The van der Waals surface area contributed by atoms with Gasteiger partial charge in [0.05, 0.1) is 0 Å². The van der Waals surface area contributed by atoms with Crippen molar-refractivity contribution in [3.63, 3.8) is 0 Å². The van der Waals surface area contributed by atoms with Crippen molar-refractivity contribution < 1.29 is 13.9 Å². The number of carbonyl (C=O) groups is 1. The van der Waals surface area contributed by atoms with Crippen molar-refractivity contribution in [1.82, 2.24) is 9.38 Å². The molecular formula is C12H7FN2O2S. The number of rotatable bonds is 3. The van der Waals surface area contributed by atoms with Crippen LogP contribution in [0.3, 0.4) is 0 Å². The largest absolute Gasteiger partial charge is 0.434 e. The fourth-order valence-corrected chi connectivity index (χ4v) is 2.31. The summed E-state index contributed by atoms with van der Waals surface area (Å²) in [5, 5.41) is 1.81. The van der Waals surface area contributed by atoms with E-state index in [1.165, 1.54) is 23.5 Å². The minimum atomic E-state index is -0.495. The van der Waals surface area contributed by atoms with Crippen molar-refractivity contribution in [3.8, 4) is 11.6 Å². The Morgan fingerprint density at radius 2 is 2.22 bits per heavy atom. The van der Waals surface area contributed by atoms with E-state index in [9.17, 15) is 9.18 Å². The first kappa shape index (κ1) is 10.9. The molecule has 0 saturated carbocycles. The fourth-order valence-electron chi connectivity index (χ4n) is 1.60. The van der Waals surface area contributed by atoms with E-state index in [-0.39, 0.29) is 17.3 Å². The van der Waals surface area contributed by atoms with Crippen molar-refractivity contribution in [2.75, 3.05) is 0 Å². The van der Waals surface area contributed by atoms with Gasteiger partial charge in [-0.1, -0.05) is 12.1 Å². The Morgan fingerprint density at radius 3 is 3.00 bits per heavy atom. The third-order valence-electron chi connectivity index (χ3n) is 2.42. The number of thiazole rings is 1. The van der Waals surface area contributed by atoms with Crippen molar-refractivity contribution in [2.45, 2.75) is 0 Å². The molecule has 0 N–H and O–H groups in total. The van der Waals surface area contributed by atoms with Gasteiger partial charge in [-0.05, 0) is 12.1 Å². The van der Waals surface area contributed by atoms with Crippen molar-refractivity contribution in [2.24, 2.45) is 0 Å². The normalized spacial score (nSPS) is 10.7. The number of fused-ring (bicyclic) bond motifs is 1. The molecule has 0 spiro atoms. The third-order valence-corrected chi connectivity index (χ3v) is 3.18. The highest BCUT2D eigenvalue weighted by molar-refractivity contribution is 7.15. The zero-order valence-corrected chi connectivity index (χ0v) is 9.86. The van der Waals surface area contributed by atoms with Gasteiger partial charge >= 0.3 is 0 Å². The predicted molar refractivity (Wildman–Crippen MR) is 64.9 cm³/mol. The summed E-state index contributed by atoms with van der Waals surface area (Å²) in [5.41, 5.74) is 0.273. The highest BCUT2D eigenvalue weighted by Gasteiger charge is 2.15. The van der Waals surface area contributed by atoms with Gasteiger partial charge < -0.3 is 4.74 Å². The molecule has 4 nitrogen and oxygen atoms in total. The second kappa shape index (κ2) is 4.23. The SMILES string of the molecule is O=Cc1c(Oc2ccccc2F)nc2sccn12. The molecule has 0 fully saturated rings. The zero-order valence-electron chi connectivity index (χ0n) is 9.04. The molecule has 0 aliphatic carbocycles. The van der Waals surface area contributed by atoms with E-state index in [4.69, 9.17) is 4.74 Å². The molecule has 6 heteroatoms. The Balaban J connectivity index is 2.07. The smallest absolute Gasteiger partial charge is 0.250 e. The van der Waals surface area contributed by atoms with E-state index in [1.54, 1.807) is 22.7 Å². The summed E-state index contributed by atoms with van der Waals surface area (Å²) >= 11 is 1.37. The molecule has 3 rings (SSSR count). The van der Waals surface area contributed by atoms with Gasteiger partial charge in [0.15, 0.2) is 28.5 Å². The molecule has 0 aliphatic rings. The average Bonchev–Trinajstić information content (AvgIpc) is 2.92. The molecular weight excluding hydrogens is 255 g/mol. The van der Waals surface area contributed by atoms with Crippen LogP contribution in [0.15, 0.2) is 35.8 Å². The monoisotopic (exact) mass is 262 g/mol. The van der Waals surface area contributed by atoms with Gasteiger partial charge in [0.1, 0.15) is 0 Å². The third kappa shape index (κ3) is 1.67. The van der Waals surface area contributed by atoms with E-state index in [1.807, 2.05) is 5.38 Å². The number of carbonyl (C=O) groups excluding carboxylic acids is 1. The lowest BCUT2D eigenvalue weighted by Crippen LogP contribution is -1.93. The minimum absolute atomic E-state index is 0.0475. The first-order chi connectivity index (χ1) is 8.79. The molecule has 3 aromatic rings. The standard InChI is InChI=1S/C12H7FN2O2S/c13-8-3-1-2-4-10(8)17-11-9(7-16)15-5-6-18-12(15)14-11/h1-7H. The molecule has 0 atom stereocenters. The Kier molecular flexibility index (Phi) is 2.56. The molecule has 0 aliphatic heterocycles. The van der Waals surface area contributed by atoms with Crippen LogP contribution in [-0.2, 0) is 0 Å². The number of hydrogen-bond acceptors (Lipinski definition) is 4. The predicted octanol–water partition coefficient (Wildman–Crippen LogP) is 3.14. The number of benzene rings is 1. The van der Waals surface area contributed by atoms with E-state index in [2.05, 4.69) is 4.98 Å². The second-order valence-corrected chi connectivity index (χ2v) is 4.38. The topological polar surface area (TPSA) is 43.6 Å². The first-order valence-electron chi connectivity index (χ1n) is 5.12. The van der Waals surface area contributed by atoms with Crippen LogP contribution in [0.2, 0.25) is 0 Å². The van der Waals surface area contributed by atoms with Gasteiger partial charge in [-0.15, -0.1) is 11.3 Å². The van der Waals surface area contributed by atoms with Crippen LogP contribution >= 0.6 is 11.3 Å². The van der Waals surface area contributed by atoms with Crippen LogP contribution < -0.4 is 4.74 Å². The first-order valence-corrected chi connectivity index (χ1v) is 6.00. The number of halogens is 1. The van der Waals surface area contributed by atoms with E-state index in [0.717, 1.165) is 0 Å². The van der Waals surface area contributed by atoms with Gasteiger partial charge in [0.25, 0.3) is 0 Å². The average molecular weight is 262 g/mol. The lowest BCUT2D eigenvalue weighted by atomic mass is 10.3. The number of ether oxygens (including phenoxy) is 1. The molecule has 0 radical (unpaired) electrons. The summed E-state index contributed by atoms with van der Waals surface area (Å²) in [7, 11) is 0. The molecule has 2 aromatic heterocycles. The number of aldehydes is 1. The number of nitrogens with zero attached hydrogens (tertiary/aromatic N) is 2. The van der Waals surface area contributed by atoms with Crippen molar-refractivity contribution >= 4 is 22.6 Å². The maximum absolute atomic E-state index is 13.4. The van der Waals surface area contributed by atoms with E-state index < -0.39 is 5.82 Å². The second-order valence-electron chi connectivity index (χ2n) is 3.51. The maximum Gasteiger partial charge on any atom is 0.250 e. The fraction of sp³-hybridized carbons (Fsp3) is 0. The molecule has 0 unspecified atom stereocenters. The van der Waals surface area contributed by atoms with Crippen LogP contribution in [0.25, 0.3) is 4.96 Å². The molecule has 0 amide bonds. The number of aromatic nitrogens is 2. The quantitative estimate of drug-likeness (QED) is 0.681. The lowest BCUT2D eigenvalue weighted by molar-refractivity contribution is 0.111. The van der Waals surface area contributed by atoms with Crippen LogP contribution in [0, 0.1) is 5.82 Å². The summed E-state index contributed by atoms with van der Waals surface area (Å²) in [6, 6.07) is 5.98. The van der Waals surface area contributed by atoms with Crippen LogP contribution in [0.1, 0.15) is 10.5 Å². The number of para-hydroxylation sites is 1. The lowest BCUT2D eigenvalue weighted by Gasteiger charge is -2.03. The molecule has 18 heavy (non-hydrogen) atoms. The van der Waals surface area contributed by atoms with Crippen LogP contribution in [0.4, 0.5) is 4.39 Å². The summed E-state index contributed by atoms with van der Waals surface area (Å²) in [4.78, 5) is 15.8. The van der Waals surface area contributed by atoms with Gasteiger partial charge in [-0.3, -0.25) is 9.20 Å². The van der Waals surface area contributed by atoms with E-state index >= 15 is 0 Å². The van der Waals surface area contributed by atoms with Crippen LogP contribution in [-0.4, -0.2) is 15.7 Å². The molecule has 2 heterocycles. The zero-order chi connectivity index (χ0) is 12.5. The highest BCUT2D eigenvalue weighted by atomic mass is 32.1. The van der Waals surface area contributed by atoms with Crippen molar-refractivity contribution in [3.05, 3.63) is 47.4 Å². The maximum atomic E-state index is 13.4. The van der Waals surface area contributed by atoms with Gasteiger partial charge in [0, 0.05) is 11.6 Å². The van der Waals surface area contributed by atoms with Gasteiger partial charge in [-0.25, -0.2) is 4.39 Å². The Labute approximate surface area is 105 Å². The van der Waals surface area contributed by atoms with Crippen molar-refractivity contribution in [1.29, 1.82) is 0 Å². The molecule has 0 saturated heterocycles. The summed E-state index contributed by atoms with van der Waals surface area (Å²) in [6.07, 6.45) is 2.36. The summed E-state index contributed by atoms with van der Waals surface area (Å²) in [6.45, 7) is 0. The minimum Gasteiger partial charge on any atom is -0.434 e. The number of imidazole rings is 1. The molecule has 0 bridgehead atoms. The highest BCUT2D eigenvalue weighted by Crippen LogP contribution is 2.28. The molecule has 1 aromatic carbocycles. The summed E-state index contributed by atoms with van der Waals surface area (Å²) in [5.74, 6) is -0.334. The Bertz CT molecular complexity index is 720. The van der Waals surface area contributed by atoms with Crippen LogP contribution in [0.5, 0.6) is 11.6 Å². The number of hydrogen-bond donors (Lipinski definition) is 0. The summed E-state index contributed by atoms with van der Waals surface area (Å²) < 4.78 is 20.4. The molecule has 90 valence electrons. The van der Waals surface area contributed by atoms with E-state index in [0.29, 0.717) is 11.2 Å². The van der Waals surface area contributed by atoms with Gasteiger partial charge in [-0.2, -0.15) is 4.98 Å². The Morgan fingerprint density at radius 1 is 1.39 bits per heavy atom. The Hall–Kier alpha value is -2.21.